The molecule has 0 radical (unpaired) electrons. The van der Waals surface area contributed by atoms with Crippen molar-refractivity contribution in [3.05, 3.63) is 48.6 Å². The van der Waals surface area contributed by atoms with E-state index in [1.165, 1.54) is 6.08 Å². The van der Waals surface area contributed by atoms with Gasteiger partial charge in [0.2, 0.25) is 0 Å². The molecule has 0 fully saturated rings. The lowest BCUT2D eigenvalue weighted by atomic mass is 10.3. The van der Waals surface area contributed by atoms with Gasteiger partial charge in [-0.2, -0.15) is 0 Å². The minimum Gasteiger partial charge on any atom is -0.478 e. The first-order chi connectivity index (χ1) is 8.24. The summed E-state index contributed by atoms with van der Waals surface area (Å²) in [7, 11) is 0. The van der Waals surface area contributed by atoms with Gasteiger partial charge in [-0.05, 0) is 6.08 Å². The highest BCUT2D eigenvalue weighted by atomic mass is 16.4. The van der Waals surface area contributed by atoms with Crippen LogP contribution >= 0.6 is 0 Å². The average molecular weight is 230 g/mol. The topological polar surface area (TPSA) is 80.9 Å². The standard InChI is InChI=1S/C11H10N4O2/c16-11(17)2-1-9-5-13-10(14-6-9)7-15-4-3-12-8-15/h1-6,8H,7H2,(H,16,17)/b2-1+. The van der Waals surface area contributed by atoms with Crippen LogP contribution < -0.4 is 0 Å². The van der Waals surface area contributed by atoms with Crippen LogP contribution in [0.25, 0.3) is 6.08 Å². The van der Waals surface area contributed by atoms with E-state index < -0.39 is 5.97 Å². The smallest absolute Gasteiger partial charge is 0.328 e. The van der Waals surface area contributed by atoms with Gasteiger partial charge >= 0.3 is 5.97 Å². The fraction of sp³-hybridized carbons (Fsp3) is 0.0909. The van der Waals surface area contributed by atoms with Crippen LogP contribution in [0.4, 0.5) is 0 Å². The van der Waals surface area contributed by atoms with E-state index >= 15 is 0 Å². The third kappa shape index (κ3) is 3.23. The van der Waals surface area contributed by atoms with E-state index in [2.05, 4.69) is 15.0 Å². The highest BCUT2D eigenvalue weighted by Gasteiger charge is 1.97. The normalized spacial score (nSPS) is 10.8. The summed E-state index contributed by atoms with van der Waals surface area (Å²) in [6.07, 6.45) is 10.8. The largest absolute Gasteiger partial charge is 0.478 e. The van der Waals surface area contributed by atoms with E-state index in [1.54, 1.807) is 24.9 Å². The number of carboxylic acids is 1. The Morgan fingerprint density at radius 2 is 2.18 bits per heavy atom. The van der Waals surface area contributed by atoms with Gasteiger partial charge in [-0.25, -0.2) is 19.7 Å². The van der Waals surface area contributed by atoms with Crippen molar-refractivity contribution in [3.63, 3.8) is 0 Å². The van der Waals surface area contributed by atoms with E-state index in [9.17, 15) is 4.79 Å². The van der Waals surface area contributed by atoms with Gasteiger partial charge in [-0.15, -0.1) is 0 Å². The molecule has 0 saturated carbocycles. The van der Waals surface area contributed by atoms with Crippen LogP contribution in [0.5, 0.6) is 0 Å². The number of carboxylic acid groups (broad SMARTS) is 1. The zero-order valence-corrected chi connectivity index (χ0v) is 8.89. The molecule has 1 N–H and O–H groups in total. The summed E-state index contributed by atoms with van der Waals surface area (Å²) in [5, 5.41) is 8.46. The van der Waals surface area contributed by atoms with Crippen LogP contribution in [0.1, 0.15) is 11.4 Å². The van der Waals surface area contributed by atoms with Crippen molar-refractivity contribution in [2.45, 2.75) is 6.54 Å². The Kier molecular flexibility index (Phi) is 3.25. The third-order valence-corrected chi connectivity index (χ3v) is 2.03. The number of nitrogens with zero attached hydrogens (tertiary/aromatic N) is 4. The molecule has 86 valence electrons. The highest BCUT2D eigenvalue weighted by molar-refractivity contribution is 5.85. The molecule has 0 amide bonds. The Bertz CT molecular complexity index is 517. The maximum Gasteiger partial charge on any atom is 0.328 e. The van der Waals surface area contributed by atoms with Gasteiger partial charge in [0.1, 0.15) is 5.82 Å². The molecule has 0 aliphatic rings. The summed E-state index contributed by atoms with van der Waals surface area (Å²) in [4.78, 5) is 22.5. The van der Waals surface area contributed by atoms with Crippen molar-refractivity contribution in [3.8, 4) is 0 Å². The molecule has 6 heteroatoms. The quantitative estimate of drug-likeness (QED) is 0.786. The Labute approximate surface area is 97.3 Å². The molecule has 0 aromatic carbocycles. The molecule has 0 aliphatic carbocycles. The molecule has 0 aliphatic heterocycles. The predicted octanol–water partition coefficient (Wildman–Crippen LogP) is 0.819. The second kappa shape index (κ2) is 5.02. The Hall–Kier alpha value is -2.50. The fourth-order valence-corrected chi connectivity index (χ4v) is 1.24. The molecule has 2 heterocycles. The minimum atomic E-state index is -0.993. The van der Waals surface area contributed by atoms with Crippen molar-refractivity contribution >= 4 is 12.0 Å². The van der Waals surface area contributed by atoms with Crippen molar-refractivity contribution < 1.29 is 9.90 Å². The first-order valence-corrected chi connectivity index (χ1v) is 4.92. The maximum atomic E-state index is 10.3. The molecule has 0 bridgehead atoms. The SMILES string of the molecule is O=C(O)/C=C/c1cnc(Cn2ccnc2)nc1. The van der Waals surface area contributed by atoms with E-state index in [1.807, 2.05) is 10.8 Å². The van der Waals surface area contributed by atoms with Crippen molar-refractivity contribution in [2.24, 2.45) is 0 Å². The molecule has 2 aromatic rings. The van der Waals surface area contributed by atoms with Gasteiger partial charge in [-0.1, -0.05) is 0 Å². The monoisotopic (exact) mass is 230 g/mol. The molecule has 6 nitrogen and oxygen atoms in total. The van der Waals surface area contributed by atoms with Gasteiger partial charge in [-0.3, -0.25) is 0 Å². The Morgan fingerprint density at radius 3 is 2.76 bits per heavy atom. The van der Waals surface area contributed by atoms with E-state index in [4.69, 9.17) is 5.11 Å². The summed E-state index contributed by atoms with van der Waals surface area (Å²) in [6, 6.07) is 0. The molecule has 0 saturated heterocycles. The first-order valence-electron chi connectivity index (χ1n) is 4.92. The van der Waals surface area contributed by atoms with Crippen molar-refractivity contribution in [1.82, 2.24) is 19.5 Å². The molecule has 2 aromatic heterocycles. The molecular weight excluding hydrogens is 220 g/mol. The van der Waals surface area contributed by atoms with Gasteiger partial charge in [0.25, 0.3) is 0 Å². The van der Waals surface area contributed by atoms with E-state index in [0.717, 1.165) is 6.08 Å². The number of aromatic nitrogens is 4. The predicted molar refractivity (Wildman–Crippen MR) is 60.0 cm³/mol. The summed E-state index contributed by atoms with van der Waals surface area (Å²) >= 11 is 0. The minimum absolute atomic E-state index is 0.545. The number of hydrogen-bond acceptors (Lipinski definition) is 4. The van der Waals surface area contributed by atoms with E-state index in [0.29, 0.717) is 17.9 Å². The van der Waals surface area contributed by atoms with Crippen LogP contribution in [-0.2, 0) is 11.3 Å². The Morgan fingerprint density at radius 1 is 1.41 bits per heavy atom. The number of carbonyl (C=O) groups is 1. The Balaban J connectivity index is 2.05. The third-order valence-electron chi connectivity index (χ3n) is 2.03. The molecule has 17 heavy (non-hydrogen) atoms. The number of hydrogen-bond donors (Lipinski definition) is 1. The van der Waals surface area contributed by atoms with Crippen LogP contribution in [0.2, 0.25) is 0 Å². The van der Waals surface area contributed by atoms with Crippen LogP contribution in [0.15, 0.2) is 37.2 Å². The fourth-order valence-electron chi connectivity index (χ4n) is 1.24. The number of aliphatic carboxylic acids is 1. The highest BCUT2D eigenvalue weighted by Crippen LogP contribution is 2.00. The molecule has 0 spiro atoms. The lowest BCUT2D eigenvalue weighted by Crippen LogP contribution is -2.02. The molecule has 0 atom stereocenters. The second-order valence-electron chi connectivity index (χ2n) is 3.34. The lowest BCUT2D eigenvalue weighted by molar-refractivity contribution is -0.131. The molecular formula is C11H10N4O2. The number of imidazole rings is 1. The van der Waals surface area contributed by atoms with Gasteiger partial charge in [0, 0.05) is 36.4 Å². The van der Waals surface area contributed by atoms with Crippen LogP contribution in [0.3, 0.4) is 0 Å². The summed E-state index contributed by atoms with van der Waals surface area (Å²) in [5.74, 6) is -0.344. The van der Waals surface area contributed by atoms with Crippen molar-refractivity contribution in [1.29, 1.82) is 0 Å². The van der Waals surface area contributed by atoms with Gasteiger partial charge in [0.05, 0.1) is 12.9 Å². The maximum absolute atomic E-state index is 10.3. The first kappa shape index (κ1) is 11.0. The lowest BCUT2D eigenvalue weighted by Gasteiger charge is -2.00. The average Bonchev–Trinajstić information content (AvgIpc) is 2.81. The van der Waals surface area contributed by atoms with Crippen LogP contribution in [-0.4, -0.2) is 30.6 Å². The van der Waals surface area contributed by atoms with E-state index in [-0.39, 0.29) is 0 Å². The summed E-state index contributed by atoms with van der Waals surface area (Å²) in [5.41, 5.74) is 0.654. The van der Waals surface area contributed by atoms with Gasteiger partial charge < -0.3 is 9.67 Å². The zero-order chi connectivity index (χ0) is 12.1. The summed E-state index contributed by atoms with van der Waals surface area (Å²) in [6.45, 7) is 0.545. The second-order valence-corrected chi connectivity index (χ2v) is 3.34. The molecule has 2 rings (SSSR count). The van der Waals surface area contributed by atoms with Crippen LogP contribution in [0, 0.1) is 0 Å². The van der Waals surface area contributed by atoms with Crippen molar-refractivity contribution in [2.75, 3.05) is 0 Å². The molecule has 0 unspecified atom stereocenters. The van der Waals surface area contributed by atoms with Gasteiger partial charge in [0.15, 0.2) is 0 Å². The number of rotatable bonds is 4. The zero-order valence-electron chi connectivity index (χ0n) is 8.89. The summed E-state index contributed by atoms with van der Waals surface area (Å²) < 4.78 is 1.85.